The van der Waals surface area contributed by atoms with E-state index in [0.717, 1.165) is 16.3 Å². The molecule has 2 aromatic heterocycles. The van der Waals surface area contributed by atoms with Crippen molar-refractivity contribution < 1.29 is 0 Å². The fourth-order valence-electron chi connectivity index (χ4n) is 1.35. The van der Waals surface area contributed by atoms with Crippen molar-refractivity contribution in [3.8, 4) is 0 Å². The van der Waals surface area contributed by atoms with Crippen LogP contribution < -0.4 is 5.73 Å². The first-order valence-corrected chi connectivity index (χ1v) is 5.38. The highest BCUT2D eigenvalue weighted by Crippen LogP contribution is 2.22. The van der Waals surface area contributed by atoms with Gasteiger partial charge in [0.15, 0.2) is 0 Å². The molecule has 0 saturated carbocycles. The van der Waals surface area contributed by atoms with Crippen LogP contribution in [0, 0.1) is 6.92 Å². The van der Waals surface area contributed by atoms with Crippen LogP contribution in [0.25, 0.3) is 0 Å². The second kappa shape index (κ2) is 5.26. The van der Waals surface area contributed by atoms with Gasteiger partial charge in [-0.05, 0) is 30.5 Å². The lowest BCUT2D eigenvalue weighted by atomic mass is 10.1. The van der Waals surface area contributed by atoms with Gasteiger partial charge in [-0.3, -0.25) is 4.98 Å². The van der Waals surface area contributed by atoms with Gasteiger partial charge >= 0.3 is 0 Å². The second-order valence-electron chi connectivity index (χ2n) is 3.20. The molecule has 0 radical (unpaired) electrons. The summed E-state index contributed by atoms with van der Waals surface area (Å²) in [4.78, 5) is 5.57. The number of nitrogens with two attached hydrogens (primary N) is 1. The van der Waals surface area contributed by atoms with Gasteiger partial charge in [0, 0.05) is 10.6 Å². The minimum absolute atomic E-state index is 0. The lowest BCUT2D eigenvalue weighted by molar-refractivity contribution is 0.838. The second-order valence-corrected chi connectivity index (χ2v) is 4.18. The molecular formula is C11H13ClN2S. The Hall–Kier alpha value is -0.900. The van der Waals surface area contributed by atoms with Crippen LogP contribution in [0.1, 0.15) is 22.3 Å². The number of aromatic nitrogens is 1. The summed E-state index contributed by atoms with van der Waals surface area (Å²) in [6.45, 7) is 1.98. The van der Waals surface area contributed by atoms with Gasteiger partial charge in [-0.1, -0.05) is 12.1 Å². The van der Waals surface area contributed by atoms with Gasteiger partial charge in [0.2, 0.25) is 0 Å². The Labute approximate surface area is 99.6 Å². The smallest absolute Gasteiger partial charge is 0.0820 e. The van der Waals surface area contributed by atoms with Crippen LogP contribution in [0.5, 0.6) is 0 Å². The van der Waals surface area contributed by atoms with Crippen LogP contribution in [-0.4, -0.2) is 4.98 Å². The summed E-state index contributed by atoms with van der Waals surface area (Å²) in [6.07, 6.45) is 0. The van der Waals surface area contributed by atoms with Crippen molar-refractivity contribution in [3.63, 3.8) is 0 Å². The number of pyridine rings is 1. The highest BCUT2D eigenvalue weighted by molar-refractivity contribution is 7.10. The number of hydrogen-bond acceptors (Lipinski definition) is 3. The van der Waals surface area contributed by atoms with E-state index in [9.17, 15) is 0 Å². The van der Waals surface area contributed by atoms with Crippen molar-refractivity contribution in [2.45, 2.75) is 13.0 Å². The van der Waals surface area contributed by atoms with Crippen LogP contribution in [0.3, 0.4) is 0 Å². The molecule has 0 amide bonds. The molecule has 2 rings (SSSR count). The third-order valence-electron chi connectivity index (χ3n) is 2.08. The normalized spacial score (nSPS) is 11.9. The van der Waals surface area contributed by atoms with Crippen LogP contribution in [0.15, 0.2) is 35.7 Å². The van der Waals surface area contributed by atoms with Gasteiger partial charge in [0.05, 0.1) is 11.7 Å². The van der Waals surface area contributed by atoms with E-state index in [1.165, 1.54) is 0 Å². The average Bonchev–Trinajstić information content (AvgIpc) is 2.69. The number of thiophene rings is 1. The van der Waals surface area contributed by atoms with Crippen LogP contribution in [-0.2, 0) is 0 Å². The van der Waals surface area contributed by atoms with E-state index in [2.05, 4.69) is 4.98 Å². The van der Waals surface area contributed by atoms with Crippen LogP contribution in [0.4, 0.5) is 0 Å². The molecule has 80 valence electrons. The van der Waals surface area contributed by atoms with Crippen LogP contribution in [0.2, 0.25) is 0 Å². The van der Waals surface area contributed by atoms with E-state index >= 15 is 0 Å². The van der Waals surface area contributed by atoms with E-state index in [1.54, 1.807) is 11.3 Å². The van der Waals surface area contributed by atoms with Crippen molar-refractivity contribution in [1.29, 1.82) is 0 Å². The topological polar surface area (TPSA) is 38.9 Å². The summed E-state index contributed by atoms with van der Waals surface area (Å²) >= 11 is 1.67. The van der Waals surface area contributed by atoms with Gasteiger partial charge in [-0.25, -0.2) is 0 Å². The molecule has 0 aliphatic carbocycles. The fourth-order valence-corrected chi connectivity index (χ4v) is 2.09. The van der Waals surface area contributed by atoms with E-state index in [1.807, 2.05) is 42.6 Å². The number of nitrogens with zero attached hydrogens (tertiary/aromatic N) is 1. The van der Waals surface area contributed by atoms with Gasteiger partial charge in [0.25, 0.3) is 0 Å². The first-order valence-electron chi connectivity index (χ1n) is 4.50. The Bertz CT molecular complexity index is 414. The molecule has 0 aliphatic rings. The number of halogens is 1. The highest BCUT2D eigenvalue weighted by atomic mass is 35.5. The predicted octanol–water partition coefficient (Wildman–Crippen LogP) is 2.92. The molecule has 1 atom stereocenters. The molecule has 0 aromatic carbocycles. The standard InChI is InChI=1S/C11H12N2S.ClH/c1-8-4-2-5-9(13-8)11(12)10-6-3-7-14-10;/h2-7,11H,12H2,1H3;1H/t11-;/m1./s1. The van der Waals surface area contributed by atoms with E-state index in [0.29, 0.717) is 0 Å². The van der Waals surface area contributed by atoms with Crippen molar-refractivity contribution in [2.75, 3.05) is 0 Å². The zero-order chi connectivity index (χ0) is 9.97. The van der Waals surface area contributed by atoms with Crippen LogP contribution >= 0.6 is 23.7 Å². The first kappa shape index (κ1) is 12.2. The predicted molar refractivity (Wildman–Crippen MR) is 66.6 cm³/mol. The number of hydrogen-bond donors (Lipinski definition) is 1. The molecule has 0 spiro atoms. The Morgan fingerprint density at radius 3 is 2.67 bits per heavy atom. The molecule has 2 heterocycles. The monoisotopic (exact) mass is 240 g/mol. The van der Waals surface area contributed by atoms with E-state index < -0.39 is 0 Å². The summed E-state index contributed by atoms with van der Waals surface area (Å²) in [5.41, 5.74) is 8.02. The van der Waals surface area contributed by atoms with Crippen molar-refractivity contribution in [3.05, 3.63) is 52.0 Å². The molecule has 0 fully saturated rings. The zero-order valence-electron chi connectivity index (χ0n) is 8.38. The zero-order valence-corrected chi connectivity index (χ0v) is 10.0. The molecule has 0 aliphatic heterocycles. The van der Waals surface area contributed by atoms with Gasteiger partial charge in [-0.2, -0.15) is 0 Å². The summed E-state index contributed by atoms with van der Waals surface area (Å²) in [7, 11) is 0. The maximum atomic E-state index is 6.08. The molecule has 2 aromatic rings. The van der Waals surface area contributed by atoms with Crippen molar-refractivity contribution >= 4 is 23.7 Å². The average molecular weight is 241 g/mol. The van der Waals surface area contributed by atoms with Crippen molar-refractivity contribution in [2.24, 2.45) is 5.73 Å². The summed E-state index contributed by atoms with van der Waals surface area (Å²) < 4.78 is 0. The minimum Gasteiger partial charge on any atom is -0.318 e. The molecule has 4 heteroatoms. The third kappa shape index (κ3) is 2.78. The summed E-state index contributed by atoms with van der Waals surface area (Å²) in [5.74, 6) is 0. The number of rotatable bonds is 2. The molecule has 0 bridgehead atoms. The SMILES string of the molecule is Cc1cccc([C@@H](N)c2cccs2)n1.Cl. The first-order chi connectivity index (χ1) is 6.77. The Morgan fingerprint density at radius 1 is 1.27 bits per heavy atom. The third-order valence-corrected chi connectivity index (χ3v) is 3.03. The Balaban J connectivity index is 0.00000112. The van der Waals surface area contributed by atoms with Gasteiger partial charge < -0.3 is 5.73 Å². The maximum Gasteiger partial charge on any atom is 0.0820 e. The Morgan fingerprint density at radius 2 is 2.07 bits per heavy atom. The van der Waals surface area contributed by atoms with Gasteiger partial charge in [0.1, 0.15) is 0 Å². The summed E-state index contributed by atoms with van der Waals surface area (Å²) in [6, 6.07) is 9.90. The summed E-state index contributed by atoms with van der Waals surface area (Å²) in [5, 5.41) is 2.03. The lowest BCUT2D eigenvalue weighted by Crippen LogP contribution is -2.12. The molecule has 0 unspecified atom stereocenters. The molecule has 2 N–H and O–H groups in total. The molecule has 2 nitrogen and oxygen atoms in total. The quantitative estimate of drug-likeness (QED) is 0.877. The molecule has 0 saturated heterocycles. The molecular weight excluding hydrogens is 228 g/mol. The van der Waals surface area contributed by atoms with E-state index in [4.69, 9.17) is 5.73 Å². The minimum atomic E-state index is -0.0881. The maximum absolute atomic E-state index is 6.08. The fraction of sp³-hybridized carbons (Fsp3) is 0.182. The largest absolute Gasteiger partial charge is 0.318 e. The van der Waals surface area contributed by atoms with E-state index in [-0.39, 0.29) is 18.4 Å². The lowest BCUT2D eigenvalue weighted by Gasteiger charge is -2.08. The van der Waals surface area contributed by atoms with Gasteiger partial charge in [-0.15, -0.1) is 23.7 Å². The van der Waals surface area contributed by atoms with Crippen molar-refractivity contribution in [1.82, 2.24) is 4.98 Å². The number of aryl methyl sites for hydroxylation is 1. The molecule has 15 heavy (non-hydrogen) atoms. The Kier molecular flexibility index (Phi) is 4.27. The highest BCUT2D eigenvalue weighted by Gasteiger charge is 2.10.